The summed E-state index contributed by atoms with van der Waals surface area (Å²) >= 11 is 0. The summed E-state index contributed by atoms with van der Waals surface area (Å²) in [7, 11) is 0. The Kier molecular flexibility index (Phi) is 7.89. The second-order valence-corrected chi connectivity index (χ2v) is 8.54. The molecule has 1 atom stereocenters. The normalized spacial score (nSPS) is 18.9. The Hall–Kier alpha value is -3.45. The van der Waals surface area contributed by atoms with Crippen LogP contribution in [0.15, 0.2) is 30.5 Å². The van der Waals surface area contributed by atoms with Gasteiger partial charge in [0, 0.05) is 56.7 Å². The number of benzene rings is 1. The summed E-state index contributed by atoms with van der Waals surface area (Å²) in [5, 5.41) is 3.94. The molecule has 0 saturated carbocycles. The van der Waals surface area contributed by atoms with E-state index in [-0.39, 0.29) is 24.5 Å². The van der Waals surface area contributed by atoms with Crippen molar-refractivity contribution in [3.05, 3.63) is 53.4 Å². The summed E-state index contributed by atoms with van der Waals surface area (Å²) < 4.78 is 59.9. The third kappa shape index (κ3) is 6.02. The minimum atomic E-state index is -3.20. The lowest BCUT2D eigenvalue weighted by Crippen LogP contribution is -2.38. The van der Waals surface area contributed by atoms with Gasteiger partial charge in [-0.1, -0.05) is 0 Å². The highest BCUT2D eigenvalue weighted by Crippen LogP contribution is 2.31. The van der Waals surface area contributed by atoms with Crippen LogP contribution in [0.5, 0.6) is 0 Å². The predicted octanol–water partition coefficient (Wildman–Crippen LogP) is 2.20. The van der Waals surface area contributed by atoms with Gasteiger partial charge in [-0.05, 0) is 24.6 Å². The van der Waals surface area contributed by atoms with Gasteiger partial charge in [-0.2, -0.15) is 8.78 Å². The number of rotatable bonds is 7. The van der Waals surface area contributed by atoms with E-state index in [2.05, 4.69) is 10.4 Å². The molecular weight excluding hydrogens is 484 g/mol. The van der Waals surface area contributed by atoms with E-state index in [1.807, 2.05) is 29.4 Å². The molecule has 2 amide bonds. The van der Waals surface area contributed by atoms with Crippen molar-refractivity contribution >= 4 is 23.4 Å². The number of ether oxygens (including phenoxy) is 1. The highest BCUT2D eigenvalue weighted by Gasteiger charge is 2.34. The minimum Gasteiger partial charge on any atom is -0.442 e. The van der Waals surface area contributed by atoms with Crippen LogP contribution in [0.1, 0.15) is 11.3 Å². The van der Waals surface area contributed by atoms with Crippen LogP contribution in [0.2, 0.25) is 0 Å². The van der Waals surface area contributed by atoms with Crippen molar-refractivity contribution in [1.29, 1.82) is 0 Å². The molecule has 0 bridgehead atoms. The average molecular weight is 510 g/mol. The molecule has 2 fully saturated rings. The molecule has 4 rings (SSSR count). The van der Waals surface area contributed by atoms with Crippen molar-refractivity contribution in [2.75, 3.05) is 49.1 Å². The number of hydrogen-bond donors (Lipinski definition) is 2. The molecule has 0 spiro atoms. The van der Waals surface area contributed by atoms with Crippen LogP contribution < -0.4 is 20.5 Å². The molecule has 2 N–H and O–H groups in total. The fourth-order valence-electron chi connectivity index (χ4n) is 4.20. The fraction of sp³-hybridized carbons (Fsp3) is 0.435. The van der Waals surface area contributed by atoms with E-state index >= 15 is 8.78 Å². The number of cyclic esters (lactones) is 1. The zero-order valence-electron chi connectivity index (χ0n) is 19.5. The van der Waals surface area contributed by atoms with Gasteiger partial charge in [0.25, 0.3) is 5.91 Å². The zero-order chi connectivity index (χ0) is 25.8. The molecule has 1 aromatic carbocycles. The number of amides is 2. The van der Waals surface area contributed by atoms with E-state index in [1.54, 1.807) is 11.1 Å². The first-order chi connectivity index (χ1) is 17.2. The summed E-state index contributed by atoms with van der Waals surface area (Å²) in [6, 6.07) is 5.96. The molecule has 2 aliphatic rings. The lowest BCUT2D eigenvalue weighted by Gasteiger charge is -2.25. The number of hydrogen-bond acceptors (Lipinski definition) is 7. The monoisotopic (exact) mass is 510 g/mol. The van der Waals surface area contributed by atoms with E-state index in [1.165, 1.54) is 0 Å². The van der Waals surface area contributed by atoms with Gasteiger partial charge in [-0.15, -0.1) is 0 Å². The molecular formula is C23H26F4N6O3. The van der Waals surface area contributed by atoms with Gasteiger partial charge < -0.3 is 15.0 Å². The Morgan fingerprint density at radius 1 is 1.22 bits per heavy atom. The number of aryl methyl sites for hydroxylation is 1. The largest absolute Gasteiger partial charge is 0.442 e. The highest BCUT2D eigenvalue weighted by atomic mass is 19.3. The lowest BCUT2D eigenvalue weighted by atomic mass is 10.2. The van der Waals surface area contributed by atoms with Crippen LogP contribution in [0.4, 0.5) is 33.7 Å². The van der Waals surface area contributed by atoms with Crippen molar-refractivity contribution in [1.82, 2.24) is 20.7 Å². The van der Waals surface area contributed by atoms with Gasteiger partial charge in [-0.3, -0.25) is 20.1 Å². The van der Waals surface area contributed by atoms with Crippen molar-refractivity contribution in [2.45, 2.75) is 26.0 Å². The SMILES string of the molecule is Cc1cc(CN2CCN(c3c(F)cc(N4C[C@H](CNC(=O)C(F)F)OC4=O)cc3F)CCN2)ccn1. The predicted molar refractivity (Wildman–Crippen MR) is 123 cm³/mol. The maximum Gasteiger partial charge on any atom is 0.414 e. The summed E-state index contributed by atoms with van der Waals surface area (Å²) in [5.41, 5.74) is 4.96. The molecule has 1 aromatic heterocycles. The second-order valence-electron chi connectivity index (χ2n) is 8.54. The average Bonchev–Trinajstić information content (AvgIpc) is 3.04. The second kappa shape index (κ2) is 11.1. The number of anilines is 2. The Morgan fingerprint density at radius 2 is 1.97 bits per heavy atom. The Bertz CT molecular complexity index is 1100. The lowest BCUT2D eigenvalue weighted by molar-refractivity contribution is -0.132. The summed E-state index contributed by atoms with van der Waals surface area (Å²) in [4.78, 5) is 30.0. The van der Waals surface area contributed by atoms with Crippen molar-refractivity contribution in [2.24, 2.45) is 0 Å². The number of carbonyl (C=O) groups is 2. The zero-order valence-corrected chi connectivity index (χ0v) is 19.5. The van der Waals surface area contributed by atoms with Crippen LogP contribution in [0.3, 0.4) is 0 Å². The van der Waals surface area contributed by atoms with E-state index in [0.717, 1.165) is 28.3 Å². The van der Waals surface area contributed by atoms with Crippen LogP contribution in [0, 0.1) is 18.6 Å². The molecule has 13 heteroatoms. The number of nitrogens with zero attached hydrogens (tertiary/aromatic N) is 4. The Balaban J connectivity index is 1.40. The third-order valence-corrected chi connectivity index (χ3v) is 5.90. The van der Waals surface area contributed by atoms with Crippen LogP contribution >= 0.6 is 0 Å². The van der Waals surface area contributed by atoms with Gasteiger partial charge in [0.2, 0.25) is 0 Å². The first-order valence-corrected chi connectivity index (χ1v) is 11.4. The van der Waals surface area contributed by atoms with E-state index in [4.69, 9.17) is 4.74 Å². The molecule has 0 unspecified atom stereocenters. The van der Waals surface area contributed by atoms with Crippen LogP contribution in [-0.2, 0) is 16.1 Å². The Morgan fingerprint density at radius 3 is 2.67 bits per heavy atom. The van der Waals surface area contributed by atoms with Crippen molar-refractivity contribution in [3.8, 4) is 0 Å². The maximum atomic E-state index is 15.1. The van der Waals surface area contributed by atoms with Gasteiger partial charge >= 0.3 is 12.5 Å². The molecule has 36 heavy (non-hydrogen) atoms. The van der Waals surface area contributed by atoms with E-state index < -0.39 is 36.2 Å². The van der Waals surface area contributed by atoms with Gasteiger partial charge in [0.1, 0.15) is 11.8 Å². The highest BCUT2D eigenvalue weighted by molar-refractivity contribution is 5.90. The fourth-order valence-corrected chi connectivity index (χ4v) is 4.20. The quantitative estimate of drug-likeness (QED) is 0.552. The molecule has 0 aliphatic carbocycles. The third-order valence-electron chi connectivity index (χ3n) is 5.90. The Labute approximate surface area is 205 Å². The maximum absolute atomic E-state index is 15.1. The van der Waals surface area contributed by atoms with E-state index in [9.17, 15) is 18.4 Å². The van der Waals surface area contributed by atoms with Crippen molar-refractivity contribution in [3.63, 3.8) is 0 Å². The first-order valence-electron chi connectivity index (χ1n) is 11.4. The number of alkyl halides is 2. The number of nitrogens with one attached hydrogen (secondary N) is 2. The molecule has 2 aliphatic heterocycles. The molecule has 0 radical (unpaired) electrons. The number of hydrazine groups is 1. The summed E-state index contributed by atoms with van der Waals surface area (Å²) in [6.45, 7) is 3.71. The first kappa shape index (κ1) is 25.6. The van der Waals surface area contributed by atoms with Gasteiger partial charge in [0.05, 0.1) is 18.8 Å². The van der Waals surface area contributed by atoms with Crippen LogP contribution in [-0.4, -0.2) is 73.8 Å². The molecule has 2 saturated heterocycles. The summed E-state index contributed by atoms with van der Waals surface area (Å²) in [5.74, 6) is -3.18. The smallest absolute Gasteiger partial charge is 0.414 e. The molecule has 194 valence electrons. The minimum absolute atomic E-state index is 0.0657. The molecule has 2 aromatic rings. The van der Waals surface area contributed by atoms with Crippen LogP contribution in [0.25, 0.3) is 0 Å². The molecule has 9 nitrogen and oxygen atoms in total. The van der Waals surface area contributed by atoms with Crippen molar-refractivity contribution < 1.29 is 31.9 Å². The number of pyridine rings is 1. The number of aromatic nitrogens is 1. The summed E-state index contributed by atoms with van der Waals surface area (Å²) in [6.07, 6.45) is -3.29. The van der Waals surface area contributed by atoms with E-state index in [0.29, 0.717) is 32.7 Å². The standard InChI is InChI=1S/C23H26F4N6O3/c1-14-8-15(2-3-28-14)12-32-7-6-31(5-4-30-32)20-18(24)9-16(10-19(20)25)33-13-17(36-23(33)35)11-29-22(34)21(26)27/h2-3,8-10,17,21,30H,4-7,11-13H2,1H3,(H,29,34)/t17-/m0/s1. The topological polar surface area (TPSA) is 90.0 Å². The number of halogens is 4. The number of carbonyl (C=O) groups excluding carboxylic acids is 2. The van der Waals surface area contributed by atoms with Gasteiger partial charge in [-0.25, -0.2) is 18.6 Å². The van der Waals surface area contributed by atoms with Gasteiger partial charge in [0.15, 0.2) is 11.6 Å². The molecule has 3 heterocycles.